The molecule has 0 aliphatic carbocycles. The molecular weight excluding hydrogens is 314 g/mol. The van der Waals surface area contributed by atoms with E-state index in [1.807, 2.05) is 11.9 Å². The van der Waals surface area contributed by atoms with E-state index in [9.17, 15) is 8.78 Å². The Morgan fingerprint density at radius 3 is 2.64 bits per heavy atom. The fourth-order valence-corrected chi connectivity index (χ4v) is 1.91. The molecule has 0 amide bonds. The number of methoxy groups -OCH3 is 2. The number of thiocarbonyl (C=S) groups is 1. The van der Waals surface area contributed by atoms with Crippen molar-refractivity contribution in [3.8, 4) is 11.5 Å². The van der Waals surface area contributed by atoms with Gasteiger partial charge < -0.3 is 24.4 Å². The van der Waals surface area contributed by atoms with Crippen LogP contribution in [0.4, 0.5) is 8.78 Å². The molecule has 0 aliphatic rings. The van der Waals surface area contributed by atoms with Gasteiger partial charge in [0.15, 0.2) is 16.6 Å². The first-order valence-electron chi connectivity index (χ1n) is 6.57. The molecule has 8 heteroatoms. The Kier molecular flexibility index (Phi) is 7.83. The molecule has 0 aliphatic heterocycles. The Hall–Kier alpha value is -1.67. The zero-order valence-electron chi connectivity index (χ0n) is 12.8. The second kappa shape index (κ2) is 9.37. The maximum atomic E-state index is 12.3. The lowest BCUT2D eigenvalue weighted by Crippen LogP contribution is -2.38. The molecule has 0 atom stereocenters. The number of hydrogen-bond donors (Lipinski definition) is 1. The maximum Gasteiger partial charge on any atom is 0.387 e. The van der Waals surface area contributed by atoms with Crippen LogP contribution in [0, 0.1) is 0 Å². The molecule has 0 bridgehead atoms. The van der Waals surface area contributed by atoms with Crippen molar-refractivity contribution in [2.45, 2.75) is 13.2 Å². The molecule has 0 aromatic heterocycles. The van der Waals surface area contributed by atoms with Gasteiger partial charge in [0.2, 0.25) is 0 Å². The van der Waals surface area contributed by atoms with E-state index in [2.05, 4.69) is 10.1 Å². The number of nitrogens with zero attached hydrogens (tertiary/aromatic N) is 1. The van der Waals surface area contributed by atoms with Crippen LogP contribution in [-0.2, 0) is 11.3 Å². The van der Waals surface area contributed by atoms with Gasteiger partial charge in [-0.3, -0.25) is 0 Å². The molecule has 0 heterocycles. The van der Waals surface area contributed by atoms with Crippen LogP contribution >= 0.6 is 12.2 Å². The standard InChI is InChI=1S/C14H20F2N2O3S/c1-18(14(22)17-6-7-19-2)9-10-4-5-11(21-13(15)16)12(8-10)20-3/h4-5,8,13H,6-7,9H2,1-3H3,(H,17,22). The van der Waals surface area contributed by atoms with E-state index >= 15 is 0 Å². The van der Waals surface area contributed by atoms with Crippen LogP contribution in [0.1, 0.15) is 5.56 Å². The van der Waals surface area contributed by atoms with Gasteiger partial charge in [-0.2, -0.15) is 8.78 Å². The minimum atomic E-state index is -2.89. The Bertz CT molecular complexity index is 489. The van der Waals surface area contributed by atoms with Gasteiger partial charge in [-0.15, -0.1) is 0 Å². The summed E-state index contributed by atoms with van der Waals surface area (Å²) in [6.07, 6.45) is 0. The van der Waals surface area contributed by atoms with Gasteiger partial charge in [0.25, 0.3) is 0 Å². The predicted octanol–water partition coefficient (Wildman–Crippen LogP) is 2.25. The van der Waals surface area contributed by atoms with E-state index in [0.29, 0.717) is 24.8 Å². The maximum absolute atomic E-state index is 12.3. The fraction of sp³-hybridized carbons (Fsp3) is 0.500. The molecule has 22 heavy (non-hydrogen) atoms. The molecule has 0 unspecified atom stereocenters. The van der Waals surface area contributed by atoms with Gasteiger partial charge in [-0.25, -0.2) is 0 Å². The number of nitrogens with one attached hydrogen (secondary N) is 1. The summed E-state index contributed by atoms with van der Waals surface area (Å²) in [5, 5.41) is 3.62. The minimum Gasteiger partial charge on any atom is -0.493 e. The van der Waals surface area contributed by atoms with E-state index in [1.165, 1.54) is 13.2 Å². The van der Waals surface area contributed by atoms with Gasteiger partial charge in [0.05, 0.1) is 13.7 Å². The van der Waals surface area contributed by atoms with Crippen molar-refractivity contribution in [1.29, 1.82) is 0 Å². The van der Waals surface area contributed by atoms with Crippen LogP contribution in [0.2, 0.25) is 0 Å². The summed E-state index contributed by atoms with van der Waals surface area (Å²) in [6.45, 7) is -1.21. The van der Waals surface area contributed by atoms with Crippen molar-refractivity contribution < 1.29 is 23.0 Å². The van der Waals surface area contributed by atoms with Gasteiger partial charge in [0, 0.05) is 27.2 Å². The Morgan fingerprint density at radius 1 is 1.32 bits per heavy atom. The summed E-state index contributed by atoms with van der Waals surface area (Å²) in [6, 6.07) is 4.79. The van der Waals surface area contributed by atoms with Crippen molar-refractivity contribution in [2.24, 2.45) is 0 Å². The van der Waals surface area contributed by atoms with Crippen molar-refractivity contribution in [3.63, 3.8) is 0 Å². The third-order valence-corrected chi connectivity index (χ3v) is 3.25. The van der Waals surface area contributed by atoms with Gasteiger partial charge in [0.1, 0.15) is 0 Å². The van der Waals surface area contributed by atoms with Crippen LogP contribution in [0.5, 0.6) is 11.5 Å². The lowest BCUT2D eigenvalue weighted by atomic mass is 10.2. The molecule has 0 saturated carbocycles. The average molecular weight is 334 g/mol. The Labute approximate surface area is 134 Å². The lowest BCUT2D eigenvalue weighted by molar-refractivity contribution is -0.0512. The molecule has 124 valence electrons. The van der Waals surface area contributed by atoms with E-state index in [0.717, 1.165) is 5.56 Å². The zero-order valence-corrected chi connectivity index (χ0v) is 13.6. The molecule has 5 nitrogen and oxygen atoms in total. The van der Waals surface area contributed by atoms with E-state index in [1.54, 1.807) is 19.2 Å². The summed E-state index contributed by atoms with van der Waals surface area (Å²) < 4.78 is 38.9. The summed E-state index contributed by atoms with van der Waals surface area (Å²) >= 11 is 5.24. The number of rotatable bonds is 8. The molecular formula is C14H20F2N2O3S. The summed E-state index contributed by atoms with van der Waals surface area (Å²) in [7, 11) is 4.85. The second-order valence-electron chi connectivity index (χ2n) is 4.44. The average Bonchev–Trinajstić information content (AvgIpc) is 2.48. The highest BCUT2D eigenvalue weighted by molar-refractivity contribution is 7.80. The number of halogens is 2. The van der Waals surface area contributed by atoms with E-state index in [-0.39, 0.29) is 11.5 Å². The highest BCUT2D eigenvalue weighted by Crippen LogP contribution is 2.29. The molecule has 1 rings (SSSR count). The molecule has 1 N–H and O–H groups in total. The van der Waals surface area contributed by atoms with Crippen LogP contribution < -0.4 is 14.8 Å². The number of alkyl halides is 2. The quantitative estimate of drug-likeness (QED) is 0.581. The third-order valence-electron chi connectivity index (χ3n) is 2.79. The number of ether oxygens (including phenoxy) is 3. The summed E-state index contributed by atoms with van der Waals surface area (Å²) in [5.74, 6) is 0.258. The minimum absolute atomic E-state index is 0.00435. The van der Waals surface area contributed by atoms with Crippen LogP contribution in [-0.4, -0.2) is 51.0 Å². The Morgan fingerprint density at radius 2 is 2.05 bits per heavy atom. The van der Waals surface area contributed by atoms with E-state index < -0.39 is 6.61 Å². The topological polar surface area (TPSA) is 43.0 Å². The molecule has 0 fully saturated rings. The monoisotopic (exact) mass is 334 g/mol. The predicted molar refractivity (Wildman–Crippen MR) is 83.6 cm³/mol. The molecule has 0 radical (unpaired) electrons. The van der Waals surface area contributed by atoms with Gasteiger partial charge in [-0.1, -0.05) is 6.07 Å². The summed E-state index contributed by atoms with van der Waals surface area (Å²) in [5.41, 5.74) is 0.858. The van der Waals surface area contributed by atoms with Gasteiger partial charge in [-0.05, 0) is 29.9 Å². The van der Waals surface area contributed by atoms with Crippen molar-refractivity contribution >= 4 is 17.3 Å². The van der Waals surface area contributed by atoms with Crippen LogP contribution in [0.3, 0.4) is 0 Å². The molecule has 1 aromatic rings. The first-order chi connectivity index (χ1) is 10.5. The largest absolute Gasteiger partial charge is 0.493 e. The first-order valence-corrected chi connectivity index (χ1v) is 6.98. The Balaban J connectivity index is 2.67. The van der Waals surface area contributed by atoms with Crippen molar-refractivity contribution in [2.75, 3.05) is 34.4 Å². The second-order valence-corrected chi connectivity index (χ2v) is 4.83. The SMILES string of the molecule is COCCNC(=S)N(C)Cc1ccc(OC(F)F)c(OC)c1. The van der Waals surface area contributed by atoms with Crippen molar-refractivity contribution in [3.05, 3.63) is 23.8 Å². The van der Waals surface area contributed by atoms with Crippen molar-refractivity contribution in [1.82, 2.24) is 10.2 Å². The zero-order chi connectivity index (χ0) is 16.5. The van der Waals surface area contributed by atoms with Gasteiger partial charge >= 0.3 is 6.61 Å². The number of benzene rings is 1. The smallest absolute Gasteiger partial charge is 0.387 e. The number of hydrogen-bond acceptors (Lipinski definition) is 4. The molecule has 1 aromatic carbocycles. The first kappa shape index (κ1) is 18.4. The highest BCUT2D eigenvalue weighted by atomic mass is 32.1. The summed E-state index contributed by atoms with van der Waals surface area (Å²) in [4.78, 5) is 1.83. The molecule has 0 spiro atoms. The third kappa shape index (κ3) is 5.98. The van der Waals surface area contributed by atoms with Crippen LogP contribution in [0.25, 0.3) is 0 Å². The van der Waals surface area contributed by atoms with Crippen LogP contribution in [0.15, 0.2) is 18.2 Å². The molecule has 0 saturated heterocycles. The normalized spacial score (nSPS) is 10.5. The highest BCUT2D eigenvalue weighted by Gasteiger charge is 2.12. The van der Waals surface area contributed by atoms with E-state index in [4.69, 9.17) is 21.7 Å². The lowest BCUT2D eigenvalue weighted by Gasteiger charge is -2.21. The fourth-order valence-electron chi connectivity index (χ4n) is 1.74.